The van der Waals surface area contributed by atoms with E-state index in [-0.39, 0.29) is 11.7 Å². The highest BCUT2D eigenvalue weighted by Gasteiger charge is 2.21. The summed E-state index contributed by atoms with van der Waals surface area (Å²) in [6.07, 6.45) is 0.783. The smallest absolute Gasteiger partial charge is 0.395 e. The van der Waals surface area contributed by atoms with Crippen molar-refractivity contribution in [2.24, 2.45) is 0 Å². The number of carbonyl (C=O) groups is 1. The van der Waals surface area contributed by atoms with Gasteiger partial charge in [0.05, 0.1) is 6.07 Å². The lowest BCUT2D eigenvalue weighted by atomic mass is 10.3. The summed E-state index contributed by atoms with van der Waals surface area (Å²) in [5, 5.41) is 10.4. The van der Waals surface area contributed by atoms with Crippen LogP contribution in [-0.4, -0.2) is 34.7 Å². The van der Waals surface area contributed by atoms with Crippen LogP contribution in [0.15, 0.2) is 16.5 Å². The highest BCUT2D eigenvalue weighted by Crippen LogP contribution is 2.17. The zero-order chi connectivity index (χ0) is 12.8. The second kappa shape index (κ2) is 6.24. The first-order valence-corrected chi connectivity index (χ1v) is 5.73. The molecule has 1 amide bonds. The van der Waals surface area contributed by atoms with Crippen LogP contribution in [0.1, 0.15) is 23.9 Å². The maximum Gasteiger partial charge on any atom is 0.433 e. The van der Waals surface area contributed by atoms with Gasteiger partial charge in [0.25, 0.3) is 5.91 Å². The number of amides is 1. The molecule has 1 aromatic rings. The van der Waals surface area contributed by atoms with Gasteiger partial charge < -0.3 is 9.32 Å². The minimum atomic E-state index is -0.678. The summed E-state index contributed by atoms with van der Waals surface area (Å²) in [6, 6.07) is 2.47. The zero-order valence-electron chi connectivity index (χ0n) is 9.39. The second-order valence-electron chi connectivity index (χ2n) is 3.38. The van der Waals surface area contributed by atoms with E-state index < -0.39 is 10.8 Å². The molecule has 17 heavy (non-hydrogen) atoms. The van der Waals surface area contributed by atoms with E-state index >= 15 is 0 Å². The molecule has 0 spiro atoms. The molecule has 94 valence electrons. The maximum atomic E-state index is 11.9. The number of carbonyl (C=O) groups excluding carboxylic acids is 1. The van der Waals surface area contributed by atoms with Crippen LogP contribution in [-0.2, 0) is 0 Å². The first kappa shape index (κ1) is 13.5. The van der Waals surface area contributed by atoms with Crippen LogP contribution < -0.4 is 0 Å². The summed E-state index contributed by atoms with van der Waals surface area (Å²) in [6.45, 7) is 2.86. The molecule has 1 rings (SSSR count). The number of hydrogen-bond donors (Lipinski definition) is 0. The molecule has 1 heterocycles. The molecule has 0 saturated heterocycles. The number of rotatable bonds is 6. The lowest BCUT2D eigenvalue weighted by molar-refractivity contribution is -0.402. The Labute approximate surface area is 103 Å². The second-order valence-corrected chi connectivity index (χ2v) is 3.75. The van der Waals surface area contributed by atoms with Gasteiger partial charge in [-0.3, -0.25) is 14.9 Å². The van der Waals surface area contributed by atoms with Crippen LogP contribution in [0.5, 0.6) is 0 Å². The molecule has 1 aromatic heterocycles. The number of nitro groups is 1. The molecular formula is C10H13ClN2O4. The van der Waals surface area contributed by atoms with Crippen molar-refractivity contribution in [3.8, 4) is 0 Å². The lowest BCUT2D eigenvalue weighted by Gasteiger charge is -2.19. The van der Waals surface area contributed by atoms with Crippen LogP contribution in [0, 0.1) is 10.1 Å². The number of alkyl halides is 1. The minimum Gasteiger partial charge on any atom is -0.395 e. The molecule has 0 fully saturated rings. The van der Waals surface area contributed by atoms with Crippen molar-refractivity contribution >= 4 is 23.4 Å². The van der Waals surface area contributed by atoms with Crippen molar-refractivity contribution in [3.05, 3.63) is 28.0 Å². The maximum absolute atomic E-state index is 11.9. The summed E-state index contributed by atoms with van der Waals surface area (Å²) >= 11 is 5.59. The van der Waals surface area contributed by atoms with Crippen LogP contribution >= 0.6 is 11.6 Å². The molecule has 0 bridgehead atoms. The van der Waals surface area contributed by atoms with Crippen molar-refractivity contribution in [1.29, 1.82) is 0 Å². The van der Waals surface area contributed by atoms with Crippen LogP contribution in [0.3, 0.4) is 0 Å². The first-order chi connectivity index (χ1) is 8.10. The van der Waals surface area contributed by atoms with Crippen molar-refractivity contribution in [2.45, 2.75) is 13.3 Å². The summed E-state index contributed by atoms with van der Waals surface area (Å²) in [5.41, 5.74) is 0. The number of halogens is 1. The Balaban J connectivity index is 2.81. The fourth-order valence-electron chi connectivity index (χ4n) is 1.38. The van der Waals surface area contributed by atoms with E-state index in [9.17, 15) is 14.9 Å². The minimum absolute atomic E-state index is 0.0322. The molecule has 0 aliphatic rings. The molecule has 0 radical (unpaired) electrons. The van der Waals surface area contributed by atoms with E-state index in [2.05, 4.69) is 0 Å². The molecule has 0 atom stereocenters. The Morgan fingerprint density at radius 3 is 2.71 bits per heavy atom. The average molecular weight is 261 g/mol. The lowest BCUT2D eigenvalue weighted by Crippen LogP contribution is -2.33. The average Bonchev–Trinajstić information content (AvgIpc) is 2.77. The van der Waals surface area contributed by atoms with Gasteiger partial charge in [0.1, 0.15) is 4.92 Å². The molecule has 0 N–H and O–H groups in total. The zero-order valence-corrected chi connectivity index (χ0v) is 10.1. The Bertz CT molecular complexity index is 399. The van der Waals surface area contributed by atoms with E-state index in [1.165, 1.54) is 11.0 Å². The Kier molecular flexibility index (Phi) is 4.96. The van der Waals surface area contributed by atoms with Gasteiger partial charge in [0.2, 0.25) is 0 Å². The van der Waals surface area contributed by atoms with Crippen molar-refractivity contribution < 1.29 is 14.1 Å². The highest BCUT2D eigenvalue weighted by atomic mass is 35.5. The summed E-state index contributed by atoms with van der Waals surface area (Å²) in [7, 11) is 0. The normalized spacial score (nSPS) is 10.2. The monoisotopic (exact) mass is 260 g/mol. The number of nitrogens with zero attached hydrogens (tertiary/aromatic N) is 2. The first-order valence-electron chi connectivity index (χ1n) is 5.19. The topological polar surface area (TPSA) is 76.6 Å². The van der Waals surface area contributed by atoms with Crippen LogP contribution in [0.25, 0.3) is 0 Å². The quantitative estimate of drug-likeness (QED) is 0.447. The van der Waals surface area contributed by atoms with Gasteiger partial charge in [-0.2, -0.15) is 0 Å². The summed E-state index contributed by atoms with van der Waals surface area (Å²) in [5.74, 6) is -0.527. The Morgan fingerprint density at radius 1 is 1.53 bits per heavy atom. The predicted octanol–water partition coefficient (Wildman–Crippen LogP) is 2.28. The third-order valence-electron chi connectivity index (χ3n) is 2.12. The van der Waals surface area contributed by atoms with E-state index in [0.29, 0.717) is 19.0 Å². The van der Waals surface area contributed by atoms with Crippen LogP contribution in [0.4, 0.5) is 5.88 Å². The fraction of sp³-hybridized carbons (Fsp3) is 0.500. The SMILES string of the molecule is CCCN(CCCl)C(=O)c1ccc([N+](=O)[O-])o1. The molecule has 0 unspecified atom stereocenters. The van der Waals surface area contributed by atoms with E-state index in [0.717, 1.165) is 12.5 Å². The van der Waals surface area contributed by atoms with Gasteiger partial charge in [-0.15, -0.1) is 11.6 Å². The van der Waals surface area contributed by atoms with Crippen molar-refractivity contribution in [1.82, 2.24) is 4.90 Å². The highest BCUT2D eigenvalue weighted by molar-refractivity contribution is 6.18. The van der Waals surface area contributed by atoms with Gasteiger partial charge >= 0.3 is 5.88 Å². The van der Waals surface area contributed by atoms with Gasteiger partial charge in [-0.05, 0) is 12.5 Å². The standard InChI is InChI=1S/C10H13ClN2O4/c1-2-6-12(7-5-11)10(14)8-3-4-9(17-8)13(15)16/h3-4H,2,5-7H2,1H3. The summed E-state index contributed by atoms with van der Waals surface area (Å²) in [4.78, 5) is 23.2. The van der Waals surface area contributed by atoms with Gasteiger partial charge in [-0.25, -0.2) is 0 Å². The summed E-state index contributed by atoms with van der Waals surface area (Å²) < 4.78 is 4.85. The predicted molar refractivity (Wildman–Crippen MR) is 62.3 cm³/mol. The van der Waals surface area contributed by atoms with Gasteiger partial charge in [0, 0.05) is 19.0 Å². The fourth-order valence-corrected chi connectivity index (χ4v) is 1.59. The molecule has 0 aromatic carbocycles. The van der Waals surface area contributed by atoms with Crippen LogP contribution in [0.2, 0.25) is 0 Å². The van der Waals surface area contributed by atoms with Gasteiger partial charge in [0.15, 0.2) is 5.76 Å². The molecule has 7 heteroatoms. The molecule has 0 aliphatic heterocycles. The molecular weight excluding hydrogens is 248 g/mol. The Hall–Kier alpha value is -1.56. The molecule has 0 saturated carbocycles. The van der Waals surface area contributed by atoms with E-state index in [1.807, 2.05) is 6.92 Å². The molecule has 6 nitrogen and oxygen atoms in total. The van der Waals surface area contributed by atoms with Gasteiger partial charge in [-0.1, -0.05) is 6.92 Å². The third-order valence-corrected chi connectivity index (χ3v) is 2.29. The number of furan rings is 1. The van der Waals surface area contributed by atoms with Crippen molar-refractivity contribution in [2.75, 3.05) is 19.0 Å². The molecule has 0 aliphatic carbocycles. The largest absolute Gasteiger partial charge is 0.433 e. The van der Waals surface area contributed by atoms with Crippen molar-refractivity contribution in [3.63, 3.8) is 0 Å². The number of hydrogen-bond acceptors (Lipinski definition) is 4. The Morgan fingerprint density at radius 2 is 2.24 bits per heavy atom. The van der Waals surface area contributed by atoms with E-state index in [1.54, 1.807) is 0 Å². The third kappa shape index (κ3) is 3.45. The van der Waals surface area contributed by atoms with E-state index in [4.69, 9.17) is 16.0 Å².